The van der Waals surface area contributed by atoms with Crippen LogP contribution < -0.4 is 0 Å². The highest BCUT2D eigenvalue weighted by molar-refractivity contribution is 6.01. The van der Waals surface area contributed by atoms with Gasteiger partial charge in [-0.2, -0.15) is 0 Å². The summed E-state index contributed by atoms with van der Waals surface area (Å²) >= 11 is 0. The highest BCUT2D eigenvalue weighted by Gasteiger charge is 2.04. The molecule has 0 radical (unpaired) electrons. The Morgan fingerprint density at radius 1 is 1.31 bits per heavy atom. The van der Waals surface area contributed by atoms with Gasteiger partial charge in [0.1, 0.15) is 5.71 Å². The second kappa shape index (κ2) is 6.58. The molecule has 16 heavy (non-hydrogen) atoms. The third-order valence-corrected chi connectivity index (χ3v) is 1.75. The van der Waals surface area contributed by atoms with Gasteiger partial charge in [-0.15, -0.1) is 0 Å². The molecule has 5 heteroatoms. The van der Waals surface area contributed by atoms with Gasteiger partial charge in [0, 0.05) is 12.7 Å². The van der Waals surface area contributed by atoms with E-state index < -0.39 is 12.6 Å². The fraction of sp³-hybridized carbons (Fsp3) is 0.273. The summed E-state index contributed by atoms with van der Waals surface area (Å²) in [4.78, 5) is 14.9. The van der Waals surface area contributed by atoms with Gasteiger partial charge in [0.15, 0.2) is 0 Å². The standard InChI is InChI=1S/C11H13NO4/c1-15-7-10(12-16-8-11(13)14)9-5-3-2-4-6-9/h2-6H,7-8H2,1H3,(H,13,14)/b12-10-. The Morgan fingerprint density at radius 2 is 2.00 bits per heavy atom. The zero-order valence-corrected chi connectivity index (χ0v) is 8.92. The molecule has 0 aliphatic heterocycles. The Bertz CT molecular complexity index is 362. The quantitative estimate of drug-likeness (QED) is 0.580. The van der Waals surface area contributed by atoms with E-state index in [4.69, 9.17) is 9.84 Å². The number of carboxylic acids is 1. The van der Waals surface area contributed by atoms with Crippen molar-refractivity contribution >= 4 is 11.7 Å². The number of carbonyl (C=O) groups is 1. The number of oxime groups is 1. The summed E-state index contributed by atoms with van der Waals surface area (Å²) in [5.74, 6) is -1.06. The summed E-state index contributed by atoms with van der Waals surface area (Å²) in [6, 6.07) is 9.30. The first-order chi connectivity index (χ1) is 7.74. The molecular formula is C11H13NO4. The van der Waals surface area contributed by atoms with Crippen LogP contribution in [-0.4, -0.2) is 37.1 Å². The molecule has 0 saturated carbocycles. The number of hydrogen-bond donors (Lipinski definition) is 1. The van der Waals surface area contributed by atoms with E-state index in [9.17, 15) is 4.79 Å². The van der Waals surface area contributed by atoms with Gasteiger partial charge in [-0.1, -0.05) is 35.5 Å². The molecule has 0 aliphatic carbocycles. The Labute approximate surface area is 93.3 Å². The topological polar surface area (TPSA) is 68.1 Å². The predicted octanol–water partition coefficient (Wildman–Crippen LogP) is 1.14. The third-order valence-electron chi connectivity index (χ3n) is 1.75. The van der Waals surface area contributed by atoms with Crippen molar-refractivity contribution in [3.8, 4) is 0 Å². The van der Waals surface area contributed by atoms with Crippen molar-refractivity contribution in [2.45, 2.75) is 0 Å². The summed E-state index contributed by atoms with van der Waals surface area (Å²) in [6.07, 6.45) is 0. The van der Waals surface area contributed by atoms with E-state index in [1.54, 1.807) is 0 Å². The van der Waals surface area contributed by atoms with Crippen LogP contribution in [-0.2, 0) is 14.4 Å². The fourth-order valence-corrected chi connectivity index (χ4v) is 1.10. The first-order valence-corrected chi connectivity index (χ1v) is 4.69. The molecule has 0 bridgehead atoms. The Balaban J connectivity index is 2.71. The minimum atomic E-state index is -1.06. The molecule has 0 aromatic heterocycles. The van der Waals surface area contributed by atoms with Gasteiger partial charge in [-0.25, -0.2) is 4.79 Å². The smallest absolute Gasteiger partial charge is 0.344 e. The third kappa shape index (κ3) is 4.10. The monoisotopic (exact) mass is 223 g/mol. The second-order valence-electron chi connectivity index (χ2n) is 3.00. The number of ether oxygens (including phenoxy) is 1. The van der Waals surface area contributed by atoms with E-state index in [2.05, 4.69) is 9.99 Å². The van der Waals surface area contributed by atoms with Crippen molar-refractivity contribution < 1.29 is 19.5 Å². The van der Waals surface area contributed by atoms with Gasteiger partial charge < -0.3 is 14.7 Å². The molecule has 0 spiro atoms. The lowest BCUT2D eigenvalue weighted by atomic mass is 10.1. The van der Waals surface area contributed by atoms with Gasteiger partial charge >= 0.3 is 5.97 Å². The number of hydrogen-bond acceptors (Lipinski definition) is 4. The van der Waals surface area contributed by atoms with Crippen molar-refractivity contribution in [2.24, 2.45) is 5.16 Å². The molecule has 0 saturated heterocycles. The van der Waals surface area contributed by atoms with Gasteiger partial charge in [0.05, 0.1) is 6.61 Å². The molecule has 1 aromatic rings. The highest BCUT2D eigenvalue weighted by Crippen LogP contribution is 2.02. The van der Waals surface area contributed by atoms with Crippen LogP contribution in [0.1, 0.15) is 5.56 Å². The van der Waals surface area contributed by atoms with E-state index in [0.717, 1.165) is 5.56 Å². The average molecular weight is 223 g/mol. The number of nitrogens with zero attached hydrogens (tertiary/aromatic N) is 1. The SMILES string of the molecule is COC/C(=N/OCC(=O)O)c1ccccc1. The fourth-order valence-electron chi connectivity index (χ4n) is 1.10. The zero-order valence-electron chi connectivity index (χ0n) is 8.92. The summed E-state index contributed by atoms with van der Waals surface area (Å²) in [5, 5.41) is 12.1. The molecule has 0 heterocycles. The van der Waals surface area contributed by atoms with E-state index in [1.807, 2.05) is 30.3 Å². The lowest BCUT2D eigenvalue weighted by Gasteiger charge is -2.04. The minimum absolute atomic E-state index is 0.267. The second-order valence-corrected chi connectivity index (χ2v) is 3.00. The van der Waals surface area contributed by atoms with Gasteiger partial charge in [-0.05, 0) is 0 Å². The van der Waals surface area contributed by atoms with E-state index in [-0.39, 0.29) is 6.61 Å². The summed E-state index contributed by atoms with van der Waals surface area (Å²) < 4.78 is 4.96. The van der Waals surface area contributed by atoms with Crippen LogP contribution in [0.5, 0.6) is 0 Å². The van der Waals surface area contributed by atoms with Crippen molar-refractivity contribution in [3.63, 3.8) is 0 Å². The molecule has 1 aromatic carbocycles. The van der Waals surface area contributed by atoms with Crippen LogP contribution in [0.3, 0.4) is 0 Å². The molecule has 0 unspecified atom stereocenters. The lowest BCUT2D eigenvalue weighted by Crippen LogP contribution is -2.11. The first kappa shape index (κ1) is 12.2. The number of carboxylic acid groups (broad SMARTS) is 1. The zero-order chi connectivity index (χ0) is 11.8. The molecule has 0 fully saturated rings. The molecule has 86 valence electrons. The van der Waals surface area contributed by atoms with Crippen LogP contribution in [0.4, 0.5) is 0 Å². The van der Waals surface area contributed by atoms with Crippen LogP contribution in [0, 0.1) is 0 Å². The number of methoxy groups -OCH3 is 1. The van der Waals surface area contributed by atoms with Crippen LogP contribution in [0.2, 0.25) is 0 Å². The molecular weight excluding hydrogens is 210 g/mol. The van der Waals surface area contributed by atoms with Crippen molar-refractivity contribution in [3.05, 3.63) is 35.9 Å². The van der Waals surface area contributed by atoms with Crippen LogP contribution in [0.15, 0.2) is 35.5 Å². The summed E-state index contributed by atoms with van der Waals surface area (Å²) in [6.45, 7) is -0.191. The van der Waals surface area contributed by atoms with Crippen molar-refractivity contribution in [1.82, 2.24) is 0 Å². The maximum absolute atomic E-state index is 10.2. The van der Waals surface area contributed by atoms with Crippen molar-refractivity contribution in [2.75, 3.05) is 20.3 Å². The number of rotatable bonds is 6. The van der Waals surface area contributed by atoms with Gasteiger partial charge in [-0.3, -0.25) is 0 Å². The van der Waals surface area contributed by atoms with E-state index in [1.165, 1.54) is 7.11 Å². The van der Waals surface area contributed by atoms with Crippen LogP contribution in [0.25, 0.3) is 0 Å². The summed E-state index contributed by atoms with van der Waals surface area (Å²) in [5.41, 5.74) is 1.40. The molecule has 5 nitrogen and oxygen atoms in total. The van der Waals surface area contributed by atoms with E-state index >= 15 is 0 Å². The highest BCUT2D eigenvalue weighted by atomic mass is 16.6. The molecule has 0 atom stereocenters. The number of aliphatic carboxylic acids is 1. The Morgan fingerprint density at radius 3 is 2.56 bits per heavy atom. The van der Waals surface area contributed by atoms with E-state index in [0.29, 0.717) is 5.71 Å². The Hall–Kier alpha value is -1.88. The molecule has 0 aliphatic rings. The van der Waals surface area contributed by atoms with Gasteiger partial charge in [0.2, 0.25) is 6.61 Å². The minimum Gasteiger partial charge on any atom is -0.479 e. The van der Waals surface area contributed by atoms with Crippen LogP contribution >= 0.6 is 0 Å². The predicted molar refractivity (Wildman–Crippen MR) is 58.4 cm³/mol. The molecule has 1 N–H and O–H groups in total. The normalized spacial score (nSPS) is 11.2. The summed E-state index contributed by atoms with van der Waals surface area (Å²) in [7, 11) is 1.54. The maximum Gasteiger partial charge on any atom is 0.344 e. The number of benzene rings is 1. The lowest BCUT2D eigenvalue weighted by molar-refractivity contribution is -0.142. The first-order valence-electron chi connectivity index (χ1n) is 4.69. The molecule has 0 amide bonds. The maximum atomic E-state index is 10.2. The molecule has 1 rings (SSSR count). The largest absolute Gasteiger partial charge is 0.479 e. The van der Waals surface area contributed by atoms with Gasteiger partial charge in [0.25, 0.3) is 0 Å². The average Bonchev–Trinajstić information content (AvgIpc) is 2.29. The van der Waals surface area contributed by atoms with Crippen molar-refractivity contribution in [1.29, 1.82) is 0 Å². The Kier molecular flexibility index (Phi) is 5.01.